The van der Waals surface area contributed by atoms with Crippen molar-refractivity contribution in [2.45, 2.75) is 46.3 Å². The molecule has 0 radical (unpaired) electrons. The number of carbonyl (C=O) groups excluding carboxylic acids is 1. The van der Waals surface area contributed by atoms with Gasteiger partial charge >= 0.3 is 0 Å². The van der Waals surface area contributed by atoms with Crippen molar-refractivity contribution in [3.8, 4) is 40.1 Å². The molecule has 0 unspecified atom stereocenters. The van der Waals surface area contributed by atoms with Crippen LogP contribution in [0.25, 0.3) is 22.3 Å². The fourth-order valence-electron chi connectivity index (χ4n) is 4.29. The van der Waals surface area contributed by atoms with Crippen LogP contribution >= 0.6 is 0 Å². The minimum atomic E-state index is -0.787. The van der Waals surface area contributed by atoms with Gasteiger partial charge < -0.3 is 37.9 Å². The molecule has 10 heteroatoms. The second-order valence-electron chi connectivity index (χ2n) is 9.08. The monoisotopic (exact) mass is 538 g/mol. The molecule has 2 aromatic carbocycles. The molecule has 1 aliphatic heterocycles. The van der Waals surface area contributed by atoms with Gasteiger partial charge in [-0.1, -0.05) is 13.3 Å². The summed E-state index contributed by atoms with van der Waals surface area (Å²) in [5.41, 5.74) is 0.880. The first-order valence-corrected chi connectivity index (χ1v) is 12.4. The molecule has 1 aromatic heterocycles. The van der Waals surface area contributed by atoms with Gasteiger partial charge in [-0.15, -0.1) is 0 Å². The number of methoxy groups -OCH3 is 1. The van der Waals surface area contributed by atoms with E-state index in [1.54, 1.807) is 25.9 Å². The Morgan fingerprint density at radius 1 is 1.10 bits per heavy atom. The van der Waals surface area contributed by atoms with Gasteiger partial charge in [-0.2, -0.15) is 0 Å². The first-order chi connectivity index (χ1) is 18.7. The molecule has 0 saturated heterocycles. The van der Waals surface area contributed by atoms with Gasteiger partial charge in [-0.05, 0) is 19.4 Å². The maximum Gasteiger partial charge on any atom is 0.244 e. The van der Waals surface area contributed by atoms with E-state index in [1.165, 1.54) is 31.6 Å². The van der Waals surface area contributed by atoms with Crippen molar-refractivity contribution in [1.82, 2.24) is 0 Å². The number of aromatic hydroxyl groups is 1. The Morgan fingerprint density at radius 3 is 2.54 bits per heavy atom. The average molecular weight is 539 g/mol. The number of phenols is 1. The lowest BCUT2D eigenvalue weighted by molar-refractivity contribution is -0.119. The van der Waals surface area contributed by atoms with Gasteiger partial charge in [0.1, 0.15) is 41.1 Å². The van der Waals surface area contributed by atoms with E-state index in [-0.39, 0.29) is 40.6 Å². The van der Waals surface area contributed by atoms with Crippen LogP contribution in [0.3, 0.4) is 0 Å². The molecule has 0 bridgehead atoms. The lowest BCUT2D eigenvalue weighted by Gasteiger charge is -2.20. The zero-order valence-corrected chi connectivity index (χ0v) is 22.4. The third kappa shape index (κ3) is 5.81. The summed E-state index contributed by atoms with van der Waals surface area (Å²) in [6, 6.07) is 5.74. The van der Waals surface area contributed by atoms with Gasteiger partial charge in [0.25, 0.3) is 0 Å². The summed E-state index contributed by atoms with van der Waals surface area (Å²) in [5, 5.41) is 10.6. The molecule has 1 N–H and O–H groups in total. The van der Waals surface area contributed by atoms with Crippen LogP contribution in [0.5, 0.6) is 28.7 Å². The van der Waals surface area contributed by atoms with Crippen molar-refractivity contribution >= 4 is 16.9 Å². The molecule has 4 rings (SSSR count). The molecule has 0 aliphatic carbocycles. The van der Waals surface area contributed by atoms with Crippen LogP contribution in [-0.4, -0.2) is 37.2 Å². The molecule has 39 heavy (non-hydrogen) atoms. The molecule has 0 spiro atoms. The first-order valence-electron chi connectivity index (χ1n) is 12.4. The van der Waals surface area contributed by atoms with Crippen LogP contribution < -0.4 is 24.4 Å². The highest BCUT2D eigenvalue weighted by Crippen LogP contribution is 2.46. The number of ether oxygens (including phenoxy) is 6. The van der Waals surface area contributed by atoms with Gasteiger partial charge in [0.05, 0.1) is 13.7 Å². The highest BCUT2D eigenvalue weighted by atomic mass is 16.7. The second-order valence-corrected chi connectivity index (χ2v) is 9.08. The van der Waals surface area contributed by atoms with E-state index >= 15 is 0 Å². The standard InChI is InChI=1S/C29H30O10/c1-6-8-19-20(13-25(35-10-9-30)28(33-5)27(19)34-7-2)23-14-22(32)26-21(31)11-17(12-24(26)38-23)36-15-18-16-37-29(3,4)39-18/h10-14,16,31H,6-8,15H2,1-5H3. The fraction of sp³-hybridized carbons (Fsp3) is 0.345. The van der Waals surface area contributed by atoms with E-state index in [2.05, 4.69) is 0 Å². The molecule has 1 aliphatic rings. The summed E-state index contributed by atoms with van der Waals surface area (Å²) >= 11 is 0. The zero-order valence-electron chi connectivity index (χ0n) is 22.4. The third-order valence-electron chi connectivity index (χ3n) is 5.81. The number of fused-ring (bicyclic) bond motifs is 1. The fourth-order valence-corrected chi connectivity index (χ4v) is 4.29. The van der Waals surface area contributed by atoms with Crippen molar-refractivity contribution in [2.24, 2.45) is 0 Å². The van der Waals surface area contributed by atoms with Crippen LogP contribution in [0.4, 0.5) is 0 Å². The highest BCUT2D eigenvalue weighted by Gasteiger charge is 2.28. The van der Waals surface area contributed by atoms with E-state index in [0.29, 0.717) is 35.8 Å². The zero-order chi connectivity index (χ0) is 28.2. The van der Waals surface area contributed by atoms with Gasteiger partial charge in [-0.25, -0.2) is 4.79 Å². The van der Waals surface area contributed by atoms with Crippen molar-refractivity contribution in [2.75, 3.05) is 20.3 Å². The molecule has 3 aromatic rings. The molecule has 0 saturated carbocycles. The van der Waals surface area contributed by atoms with Crippen molar-refractivity contribution < 1.29 is 42.7 Å². The van der Waals surface area contributed by atoms with Crippen LogP contribution in [0.15, 0.2) is 51.8 Å². The molecule has 0 fully saturated rings. The predicted octanol–water partition coefficient (Wildman–Crippen LogP) is 5.25. The molecule has 0 atom stereocenters. The normalized spacial score (nSPS) is 13.6. The summed E-state index contributed by atoms with van der Waals surface area (Å²) in [6.07, 6.45) is 3.63. The smallest absolute Gasteiger partial charge is 0.244 e. The summed E-state index contributed by atoms with van der Waals surface area (Å²) in [4.78, 5) is 24.0. The minimum absolute atomic E-state index is 0.00263. The van der Waals surface area contributed by atoms with Crippen molar-refractivity contribution in [3.63, 3.8) is 0 Å². The molecule has 206 valence electrons. The summed E-state index contributed by atoms with van der Waals surface area (Å²) in [6.45, 7) is 7.73. The Labute approximate surface area is 224 Å². The Bertz CT molecular complexity index is 1510. The number of hydrogen-bond acceptors (Lipinski definition) is 10. The highest BCUT2D eigenvalue weighted by molar-refractivity contribution is 5.86. The van der Waals surface area contributed by atoms with Gasteiger partial charge in [0.15, 0.2) is 34.9 Å². The lowest BCUT2D eigenvalue weighted by atomic mass is 9.98. The van der Waals surface area contributed by atoms with Crippen LogP contribution in [-0.2, 0) is 20.7 Å². The van der Waals surface area contributed by atoms with E-state index in [9.17, 15) is 14.7 Å². The lowest BCUT2D eigenvalue weighted by Crippen LogP contribution is -2.21. The quantitative estimate of drug-likeness (QED) is 0.256. The van der Waals surface area contributed by atoms with E-state index < -0.39 is 11.2 Å². The maximum atomic E-state index is 13.2. The van der Waals surface area contributed by atoms with Gasteiger partial charge in [0, 0.05) is 43.2 Å². The van der Waals surface area contributed by atoms with Crippen LogP contribution in [0, 0.1) is 0 Å². The largest absolute Gasteiger partial charge is 0.507 e. The van der Waals surface area contributed by atoms with E-state index in [0.717, 1.165) is 18.2 Å². The molecule has 2 heterocycles. The Hall–Kier alpha value is -4.56. The summed E-state index contributed by atoms with van der Waals surface area (Å²) in [5.74, 6) is 2.30. The molecular weight excluding hydrogens is 508 g/mol. The number of phenolic OH excluding ortho intramolecular Hbond substituents is 1. The predicted molar refractivity (Wildman–Crippen MR) is 142 cm³/mol. The number of hydrogen-bond donors (Lipinski definition) is 1. The minimum Gasteiger partial charge on any atom is -0.507 e. The molecule has 10 nitrogen and oxygen atoms in total. The first kappa shape index (κ1) is 27.5. The van der Waals surface area contributed by atoms with Gasteiger partial charge in [-0.3, -0.25) is 4.79 Å². The van der Waals surface area contributed by atoms with Crippen LogP contribution in [0.2, 0.25) is 0 Å². The maximum absolute atomic E-state index is 13.2. The van der Waals surface area contributed by atoms with E-state index in [1.807, 2.05) is 13.8 Å². The molecular formula is C29H30O10. The van der Waals surface area contributed by atoms with Crippen LogP contribution in [0.1, 0.15) is 39.7 Å². The van der Waals surface area contributed by atoms with Gasteiger partial charge in [0.2, 0.25) is 11.5 Å². The number of benzene rings is 2. The third-order valence-corrected chi connectivity index (χ3v) is 5.81. The van der Waals surface area contributed by atoms with Crippen molar-refractivity contribution in [1.29, 1.82) is 0 Å². The Balaban J connectivity index is 1.84. The molecule has 0 amide bonds. The Morgan fingerprint density at radius 2 is 1.90 bits per heavy atom. The van der Waals surface area contributed by atoms with E-state index in [4.69, 9.17) is 32.8 Å². The topological polar surface area (TPSA) is 123 Å². The second kappa shape index (κ2) is 11.4. The van der Waals surface area contributed by atoms with Crippen molar-refractivity contribution in [3.05, 3.63) is 58.3 Å². The Kier molecular flexibility index (Phi) is 8.07. The average Bonchev–Trinajstić information content (AvgIpc) is 3.25. The number of rotatable bonds is 11. The summed E-state index contributed by atoms with van der Waals surface area (Å²) in [7, 11) is 1.46. The summed E-state index contributed by atoms with van der Waals surface area (Å²) < 4.78 is 39.9. The SMILES string of the molecule is CCCc1c(-c2cc(=O)c3c(O)cc(OCC4=COC(C)(C)O4)cc3o2)cc(OC=C=O)c(OC)c1OCC.